The van der Waals surface area contributed by atoms with E-state index < -0.39 is 0 Å². The molecule has 2 bridgehead atoms. The Hall–Kier alpha value is -4.52. The van der Waals surface area contributed by atoms with E-state index in [2.05, 4.69) is 30.8 Å². The molecule has 0 aromatic carbocycles. The summed E-state index contributed by atoms with van der Waals surface area (Å²) in [6.07, 6.45) is 8.01. The van der Waals surface area contributed by atoms with E-state index >= 15 is 0 Å². The lowest BCUT2D eigenvalue weighted by Gasteiger charge is -2.49. The van der Waals surface area contributed by atoms with Crippen molar-refractivity contribution < 1.29 is 4.79 Å². The van der Waals surface area contributed by atoms with E-state index in [1.807, 2.05) is 42.2 Å². The normalized spacial score (nSPS) is 20.9. The number of amides is 1. The number of rotatable bonds is 5. The van der Waals surface area contributed by atoms with Gasteiger partial charge >= 0.3 is 0 Å². The van der Waals surface area contributed by atoms with Crippen molar-refractivity contribution in [1.82, 2.24) is 30.0 Å². The highest BCUT2D eigenvalue weighted by atomic mass is 16.2. The number of hydrogen-bond donors (Lipinski definition) is 3. The van der Waals surface area contributed by atoms with Crippen molar-refractivity contribution in [1.29, 1.82) is 5.26 Å². The lowest BCUT2D eigenvalue weighted by Crippen LogP contribution is -2.57. The van der Waals surface area contributed by atoms with Gasteiger partial charge in [0, 0.05) is 59.3 Å². The number of pyridine rings is 3. The predicted octanol–water partition coefficient (Wildman–Crippen LogP) is 4.31. The molecule has 10 heteroatoms. The summed E-state index contributed by atoms with van der Waals surface area (Å²) in [4.78, 5) is 29.0. The van der Waals surface area contributed by atoms with Crippen molar-refractivity contribution in [3.8, 4) is 6.07 Å². The van der Waals surface area contributed by atoms with E-state index in [0.29, 0.717) is 17.2 Å². The van der Waals surface area contributed by atoms with Crippen molar-refractivity contribution in [2.24, 2.45) is 0 Å². The number of aryl methyl sites for hydroxylation is 1. The fourth-order valence-corrected chi connectivity index (χ4v) is 5.66. The molecule has 4 aromatic heterocycles. The molecule has 2 saturated heterocycles. The number of fused-ring (bicyclic) bond motifs is 3. The minimum atomic E-state index is -0.0136. The summed E-state index contributed by atoms with van der Waals surface area (Å²) >= 11 is 0. The lowest BCUT2D eigenvalue weighted by molar-refractivity contribution is 0.0259. The second-order valence-corrected chi connectivity index (χ2v) is 9.79. The maximum absolute atomic E-state index is 13.5. The van der Waals surface area contributed by atoms with Crippen LogP contribution in [0.25, 0.3) is 10.9 Å². The number of carbonyl (C=O) groups excluding carboxylic acids is 1. The standard InChI is InChI=1S/C27H27N9O/c1-16-10-25(35-34-16)32-24-14-23-22(6-3-8-30-23)26(33-24)31-18-12-20-4-2-5-21(13-18)36(20)27(37)17-7-9-29-19(11-17)15-28/h3,6-11,14,18,20-21H,2,4-5,12-13H2,1H3,(H3,31,32,33,34,35)/t18?,20-,21+. The van der Waals surface area contributed by atoms with Crippen LogP contribution in [0.3, 0.4) is 0 Å². The summed E-state index contributed by atoms with van der Waals surface area (Å²) in [6.45, 7) is 1.95. The van der Waals surface area contributed by atoms with Crippen LogP contribution in [0.5, 0.6) is 0 Å². The van der Waals surface area contributed by atoms with Crippen LogP contribution in [0.4, 0.5) is 17.5 Å². The Labute approximate surface area is 214 Å². The van der Waals surface area contributed by atoms with Crippen LogP contribution in [0, 0.1) is 18.3 Å². The van der Waals surface area contributed by atoms with E-state index in [9.17, 15) is 10.1 Å². The lowest BCUT2D eigenvalue weighted by atomic mass is 9.81. The molecule has 2 aliphatic rings. The minimum Gasteiger partial charge on any atom is -0.367 e. The fraction of sp³-hybridized carbons (Fsp3) is 0.333. The molecule has 0 aliphatic carbocycles. The Morgan fingerprint density at radius 3 is 2.70 bits per heavy atom. The highest BCUT2D eigenvalue weighted by molar-refractivity contribution is 5.95. The summed E-state index contributed by atoms with van der Waals surface area (Å²) in [6, 6.07) is 13.5. The predicted molar refractivity (Wildman–Crippen MR) is 139 cm³/mol. The highest BCUT2D eigenvalue weighted by Crippen LogP contribution is 2.37. The molecule has 6 rings (SSSR count). The maximum atomic E-state index is 13.5. The van der Waals surface area contributed by atoms with Crippen molar-refractivity contribution in [2.75, 3.05) is 10.6 Å². The van der Waals surface area contributed by atoms with Crippen molar-refractivity contribution >= 4 is 34.3 Å². The van der Waals surface area contributed by atoms with Gasteiger partial charge in [-0.1, -0.05) is 0 Å². The first kappa shape index (κ1) is 22.9. The Morgan fingerprint density at radius 2 is 1.95 bits per heavy atom. The van der Waals surface area contributed by atoms with Crippen LogP contribution in [0.15, 0.2) is 48.8 Å². The number of aromatic nitrogens is 5. The van der Waals surface area contributed by atoms with Gasteiger partial charge in [0.25, 0.3) is 5.91 Å². The van der Waals surface area contributed by atoms with Gasteiger partial charge in [-0.05, 0) is 63.3 Å². The molecule has 37 heavy (non-hydrogen) atoms. The number of nitrogens with zero attached hydrogens (tertiary/aromatic N) is 6. The second kappa shape index (κ2) is 9.50. The number of anilines is 3. The zero-order chi connectivity index (χ0) is 25.4. The number of nitrogens with one attached hydrogen (secondary N) is 3. The molecular weight excluding hydrogens is 466 g/mol. The average Bonchev–Trinajstić information content (AvgIpc) is 3.32. The van der Waals surface area contributed by atoms with E-state index in [-0.39, 0.29) is 29.7 Å². The monoisotopic (exact) mass is 493 g/mol. The molecule has 186 valence electrons. The molecule has 10 nitrogen and oxygen atoms in total. The summed E-state index contributed by atoms with van der Waals surface area (Å²) in [5.41, 5.74) is 2.59. The first-order chi connectivity index (χ1) is 18.1. The molecule has 0 spiro atoms. The third-order valence-electron chi connectivity index (χ3n) is 7.23. The van der Waals surface area contributed by atoms with Crippen molar-refractivity contribution in [2.45, 2.75) is 57.2 Å². The van der Waals surface area contributed by atoms with Crippen LogP contribution in [0.2, 0.25) is 0 Å². The average molecular weight is 494 g/mol. The van der Waals surface area contributed by atoms with Crippen LogP contribution < -0.4 is 10.6 Å². The van der Waals surface area contributed by atoms with Gasteiger partial charge in [-0.15, -0.1) is 0 Å². The molecule has 1 amide bonds. The molecule has 2 fully saturated rings. The smallest absolute Gasteiger partial charge is 0.254 e. The van der Waals surface area contributed by atoms with Gasteiger partial charge in [-0.3, -0.25) is 14.9 Å². The number of aromatic amines is 1. The molecule has 1 unspecified atom stereocenters. The number of carbonyl (C=O) groups is 1. The number of nitriles is 1. The minimum absolute atomic E-state index is 0.0136. The molecule has 0 radical (unpaired) electrons. The van der Waals surface area contributed by atoms with Gasteiger partial charge in [-0.2, -0.15) is 10.4 Å². The number of piperidine rings is 2. The van der Waals surface area contributed by atoms with Gasteiger partial charge in [0.2, 0.25) is 0 Å². The summed E-state index contributed by atoms with van der Waals surface area (Å²) < 4.78 is 0. The van der Waals surface area contributed by atoms with Crippen LogP contribution >= 0.6 is 0 Å². The van der Waals surface area contributed by atoms with Crippen LogP contribution in [-0.2, 0) is 0 Å². The van der Waals surface area contributed by atoms with Crippen molar-refractivity contribution in [3.63, 3.8) is 0 Å². The number of H-pyrrole nitrogens is 1. The topological polar surface area (TPSA) is 136 Å². The quantitative estimate of drug-likeness (QED) is 0.374. The largest absolute Gasteiger partial charge is 0.367 e. The molecule has 0 saturated carbocycles. The molecule has 6 heterocycles. The first-order valence-electron chi connectivity index (χ1n) is 12.6. The Kier molecular flexibility index (Phi) is 5.88. The maximum Gasteiger partial charge on any atom is 0.254 e. The Bertz CT molecular complexity index is 1490. The molecule has 4 aromatic rings. The van der Waals surface area contributed by atoms with Gasteiger partial charge in [-0.25, -0.2) is 9.97 Å². The third-order valence-corrected chi connectivity index (χ3v) is 7.23. The first-order valence-corrected chi connectivity index (χ1v) is 12.6. The van der Waals surface area contributed by atoms with Gasteiger partial charge in [0.1, 0.15) is 23.4 Å². The summed E-state index contributed by atoms with van der Waals surface area (Å²) in [7, 11) is 0. The van der Waals surface area contributed by atoms with Gasteiger partial charge in [0.15, 0.2) is 5.82 Å². The van der Waals surface area contributed by atoms with Crippen LogP contribution in [-0.4, -0.2) is 54.1 Å². The van der Waals surface area contributed by atoms with Gasteiger partial charge in [0.05, 0.1) is 5.52 Å². The Morgan fingerprint density at radius 1 is 1.11 bits per heavy atom. The third kappa shape index (κ3) is 4.56. The fourth-order valence-electron chi connectivity index (χ4n) is 5.66. The van der Waals surface area contributed by atoms with Crippen LogP contribution in [0.1, 0.15) is 53.8 Å². The molecular formula is C27H27N9O. The van der Waals surface area contributed by atoms with E-state index in [0.717, 1.165) is 54.5 Å². The van der Waals surface area contributed by atoms with E-state index in [1.165, 1.54) is 6.20 Å². The van der Waals surface area contributed by atoms with E-state index in [4.69, 9.17) is 4.98 Å². The zero-order valence-electron chi connectivity index (χ0n) is 20.5. The zero-order valence-corrected chi connectivity index (χ0v) is 20.5. The summed E-state index contributed by atoms with van der Waals surface area (Å²) in [5, 5.41) is 24.3. The number of hydrogen-bond acceptors (Lipinski definition) is 8. The molecule has 3 N–H and O–H groups in total. The molecule has 2 aliphatic heterocycles. The Balaban J connectivity index is 1.25. The van der Waals surface area contributed by atoms with Crippen molar-refractivity contribution in [3.05, 3.63) is 65.7 Å². The van der Waals surface area contributed by atoms with E-state index in [1.54, 1.807) is 18.3 Å². The SMILES string of the molecule is Cc1cc(Nc2cc3ncccc3c(NC3C[C@H]4CCC[C@@H](C3)N4C(=O)c3ccnc(C#N)c3)n2)n[nH]1. The van der Waals surface area contributed by atoms with Gasteiger partial charge < -0.3 is 15.5 Å². The second-order valence-electron chi connectivity index (χ2n) is 9.79. The molecule has 3 atom stereocenters. The highest BCUT2D eigenvalue weighted by Gasteiger charge is 2.41. The summed E-state index contributed by atoms with van der Waals surface area (Å²) in [5.74, 6) is 2.12.